The van der Waals surface area contributed by atoms with Crippen molar-refractivity contribution in [2.45, 2.75) is 26.8 Å². The number of anilines is 1. The molecule has 4 rings (SSSR count). The van der Waals surface area contributed by atoms with E-state index < -0.39 is 23.5 Å². The van der Waals surface area contributed by atoms with E-state index in [9.17, 15) is 14.7 Å². The predicted molar refractivity (Wildman–Crippen MR) is 149 cm³/mol. The average Bonchev–Trinajstić information content (AvgIpc) is 3.19. The summed E-state index contributed by atoms with van der Waals surface area (Å²) in [5.74, 6) is -0.573. The van der Waals surface area contributed by atoms with Gasteiger partial charge < -0.3 is 24.1 Å². The van der Waals surface area contributed by atoms with Gasteiger partial charge in [0.2, 0.25) is 0 Å². The fourth-order valence-electron chi connectivity index (χ4n) is 4.71. The Morgan fingerprint density at radius 2 is 1.62 bits per heavy atom. The Kier molecular flexibility index (Phi) is 8.06. The van der Waals surface area contributed by atoms with E-state index >= 15 is 0 Å². The van der Waals surface area contributed by atoms with Gasteiger partial charge in [0, 0.05) is 11.8 Å². The van der Waals surface area contributed by atoms with Crippen molar-refractivity contribution in [2.75, 3.05) is 32.8 Å². The van der Waals surface area contributed by atoms with E-state index in [2.05, 4.69) is 0 Å². The van der Waals surface area contributed by atoms with Crippen molar-refractivity contribution < 1.29 is 33.6 Å². The largest absolute Gasteiger partial charge is 0.507 e. The van der Waals surface area contributed by atoms with E-state index in [0.29, 0.717) is 35.1 Å². The number of Topliss-reactive ketones (excluding diaryl/α,β-unsaturated/α-hetero) is 1. The lowest BCUT2D eigenvalue weighted by molar-refractivity contribution is -0.132. The van der Waals surface area contributed by atoms with Crippen molar-refractivity contribution in [1.82, 2.24) is 0 Å². The topological polar surface area (TPSA) is 94.5 Å². The molecule has 0 bridgehead atoms. The monoisotopic (exact) mass is 551 g/mol. The maximum atomic E-state index is 13.7. The van der Waals surface area contributed by atoms with E-state index in [0.717, 1.165) is 11.1 Å². The molecular formula is C30H30ClNO7. The second-order valence-electron chi connectivity index (χ2n) is 8.92. The van der Waals surface area contributed by atoms with Gasteiger partial charge in [-0.2, -0.15) is 0 Å². The molecule has 1 N–H and O–H groups in total. The quantitative estimate of drug-likeness (QED) is 0.208. The van der Waals surface area contributed by atoms with Gasteiger partial charge in [-0.15, -0.1) is 0 Å². The number of carbonyl (C=O) groups excluding carboxylic acids is 2. The Hall–Kier alpha value is -4.17. The highest BCUT2D eigenvalue weighted by Crippen LogP contribution is 2.47. The van der Waals surface area contributed by atoms with Crippen LogP contribution in [0.15, 0.2) is 54.1 Å². The molecule has 0 radical (unpaired) electrons. The maximum absolute atomic E-state index is 13.7. The summed E-state index contributed by atoms with van der Waals surface area (Å²) in [7, 11) is 4.40. The fraction of sp³-hybridized carbons (Fsp3) is 0.267. The highest BCUT2D eigenvalue weighted by molar-refractivity contribution is 6.52. The van der Waals surface area contributed by atoms with Crippen LogP contribution in [-0.4, -0.2) is 44.7 Å². The van der Waals surface area contributed by atoms with Crippen LogP contribution in [0.4, 0.5) is 5.69 Å². The zero-order chi connectivity index (χ0) is 28.4. The summed E-state index contributed by atoms with van der Waals surface area (Å²) in [6.07, 6.45) is 0. The van der Waals surface area contributed by atoms with Crippen molar-refractivity contribution in [1.29, 1.82) is 0 Å². The molecular weight excluding hydrogens is 522 g/mol. The first-order valence-corrected chi connectivity index (χ1v) is 12.7. The molecule has 9 heteroatoms. The number of benzene rings is 3. The number of aliphatic hydroxyl groups is 1. The van der Waals surface area contributed by atoms with Crippen molar-refractivity contribution in [3.63, 3.8) is 0 Å². The SMILES string of the molecule is CCOc1cc(C2/C(=C(\O)c3cc(Cl)c(OC)cc3OC)C(=O)C(=O)N2c2cccc(C)c2C)ccc1OC. The second-order valence-corrected chi connectivity index (χ2v) is 9.33. The van der Waals surface area contributed by atoms with E-state index in [4.69, 9.17) is 30.5 Å². The summed E-state index contributed by atoms with van der Waals surface area (Å²) in [5.41, 5.74) is 2.89. The van der Waals surface area contributed by atoms with Gasteiger partial charge in [0.15, 0.2) is 11.5 Å². The first-order valence-electron chi connectivity index (χ1n) is 12.3. The zero-order valence-corrected chi connectivity index (χ0v) is 23.4. The van der Waals surface area contributed by atoms with Gasteiger partial charge in [0.1, 0.15) is 17.3 Å². The number of aliphatic hydroxyl groups excluding tert-OH is 1. The standard InChI is InChI=1S/C30H30ClNO7/c1-7-39-25-13-18(11-12-22(25)36-4)27-26(28(33)19-14-20(31)24(38-6)15-23(19)37-5)29(34)30(35)32(27)21-10-8-9-16(2)17(21)3/h8-15,27,33H,7H2,1-6H3/b28-26+. The number of aryl methyl sites for hydroxylation is 1. The average molecular weight is 552 g/mol. The van der Waals surface area contributed by atoms with E-state index in [1.165, 1.54) is 38.4 Å². The molecule has 3 aromatic rings. The number of ether oxygens (including phenoxy) is 4. The third kappa shape index (κ3) is 4.88. The van der Waals surface area contributed by atoms with Crippen LogP contribution in [0.25, 0.3) is 5.76 Å². The Morgan fingerprint density at radius 1 is 0.923 bits per heavy atom. The van der Waals surface area contributed by atoms with Gasteiger partial charge in [-0.3, -0.25) is 14.5 Å². The minimum Gasteiger partial charge on any atom is -0.507 e. The molecule has 0 saturated carbocycles. The Labute approximate surface area is 232 Å². The van der Waals surface area contributed by atoms with Gasteiger partial charge in [-0.1, -0.05) is 29.8 Å². The highest BCUT2D eigenvalue weighted by atomic mass is 35.5. The van der Waals surface area contributed by atoms with Crippen LogP contribution in [-0.2, 0) is 9.59 Å². The lowest BCUT2D eigenvalue weighted by Crippen LogP contribution is -2.30. The minimum absolute atomic E-state index is 0.118. The number of rotatable bonds is 8. The fourth-order valence-corrected chi connectivity index (χ4v) is 4.96. The van der Waals surface area contributed by atoms with Gasteiger partial charge in [-0.25, -0.2) is 0 Å². The number of amides is 1. The summed E-state index contributed by atoms with van der Waals surface area (Å²) in [6, 6.07) is 12.6. The van der Waals surface area contributed by atoms with Gasteiger partial charge in [0.05, 0.1) is 50.1 Å². The number of hydrogen-bond donors (Lipinski definition) is 1. The van der Waals surface area contributed by atoms with Crippen LogP contribution in [0.3, 0.4) is 0 Å². The van der Waals surface area contributed by atoms with Gasteiger partial charge in [-0.05, 0) is 61.7 Å². The van der Waals surface area contributed by atoms with Gasteiger partial charge >= 0.3 is 0 Å². The van der Waals surface area contributed by atoms with Crippen LogP contribution >= 0.6 is 11.6 Å². The Morgan fingerprint density at radius 3 is 2.26 bits per heavy atom. The number of methoxy groups -OCH3 is 3. The molecule has 1 aliphatic rings. The second kappa shape index (κ2) is 11.3. The van der Waals surface area contributed by atoms with Crippen LogP contribution in [0, 0.1) is 13.8 Å². The predicted octanol–water partition coefficient (Wildman–Crippen LogP) is 6.01. The lowest BCUT2D eigenvalue weighted by Gasteiger charge is -2.28. The molecule has 1 unspecified atom stereocenters. The molecule has 0 aliphatic carbocycles. The lowest BCUT2D eigenvalue weighted by atomic mass is 9.94. The number of ketones is 1. The molecule has 204 valence electrons. The number of carbonyl (C=O) groups is 2. The van der Waals surface area contributed by atoms with E-state index in [1.807, 2.05) is 32.9 Å². The zero-order valence-electron chi connectivity index (χ0n) is 22.6. The van der Waals surface area contributed by atoms with Crippen molar-refractivity contribution in [3.05, 3.63) is 81.4 Å². The van der Waals surface area contributed by atoms with Crippen molar-refractivity contribution in [3.8, 4) is 23.0 Å². The number of nitrogens with zero attached hydrogens (tertiary/aromatic N) is 1. The summed E-state index contributed by atoms with van der Waals surface area (Å²) in [5, 5.41) is 11.8. The van der Waals surface area contributed by atoms with Crippen LogP contribution in [0.2, 0.25) is 5.02 Å². The molecule has 0 aromatic heterocycles. The van der Waals surface area contributed by atoms with Crippen LogP contribution in [0.5, 0.6) is 23.0 Å². The Bertz CT molecular complexity index is 1480. The van der Waals surface area contributed by atoms with Crippen LogP contribution < -0.4 is 23.8 Å². The molecule has 8 nitrogen and oxygen atoms in total. The molecule has 1 aliphatic heterocycles. The smallest absolute Gasteiger partial charge is 0.300 e. The third-order valence-corrected chi connectivity index (χ3v) is 7.11. The van der Waals surface area contributed by atoms with Crippen molar-refractivity contribution >= 4 is 34.7 Å². The number of hydrogen-bond acceptors (Lipinski definition) is 7. The molecule has 1 atom stereocenters. The van der Waals surface area contributed by atoms with Crippen LogP contribution in [0.1, 0.15) is 35.2 Å². The summed E-state index contributed by atoms with van der Waals surface area (Å²) in [6.45, 7) is 6.02. The highest BCUT2D eigenvalue weighted by Gasteiger charge is 2.48. The summed E-state index contributed by atoms with van der Waals surface area (Å²) < 4.78 is 22.0. The summed E-state index contributed by atoms with van der Waals surface area (Å²) in [4.78, 5) is 28.7. The molecule has 0 spiro atoms. The summed E-state index contributed by atoms with van der Waals surface area (Å²) >= 11 is 6.37. The molecule has 1 amide bonds. The molecule has 3 aromatic carbocycles. The van der Waals surface area contributed by atoms with E-state index in [-0.39, 0.29) is 21.9 Å². The first-order chi connectivity index (χ1) is 18.7. The molecule has 1 saturated heterocycles. The third-order valence-electron chi connectivity index (χ3n) is 6.81. The van der Waals surface area contributed by atoms with E-state index in [1.54, 1.807) is 24.3 Å². The molecule has 1 heterocycles. The maximum Gasteiger partial charge on any atom is 0.300 e. The normalized spacial score (nSPS) is 16.4. The minimum atomic E-state index is -0.985. The molecule has 1 fully saturated rings. The number of halogens is 1. The Balaban J connectivity index is 2.04. The van der Waals surface area contributed by atoms with Gasteiger partial charge in [0.25, 0.3) is 11.7 Å². The molecule has 39 heavy (non-hydrogen) atoms. The van der Waals surface area contributed by atoms with Crippen molar-refractivity contribution in [2.24, 2.45) is 0 Å². The first kappa shape index (κ1) is 27.9.